The highest BCUT2D eigenvalue weighted by Crippen LogP contribution is 2.42. The van der Waals surface area contributed by atoms with Crippen molar-refractivity contribution in [3.05, 3.63) is 11.1 Å². The lowest BCUT2D eigenvalue weighted by Crippen LogP contribution is -2.24. The van der Waals surface area contributed by atoms with Crippen LogP contribution in [-0.4, -0.2) is 22.4 Å². The predicted octanol–water partition coefficient (Wildman–Crippen LogP) is 4.17. The highest BCUT2D eigenvalue weighted by atomic mass is 32.1. The smallest absolute Gasteiger partial charge is 0.149 e. The summed E-state index contributed by atoms with van der Waals surface area (Å²) in [4.78, 5) is 7.05. The Hall–Kier alpha value is -1.14. The molecule has 2 aromatic rings. The fourth-order valence-corrected chi connectivity index (χ4v) is 4.59. The first-order chi connectivity index (χ1) is 9.96. The van der Waals surface area contributed by atoms with Crippen LogP contribution in [0.5, 0.6) is 0 Å². The average Bonchev–Trinajstić information content (AvgIpc) is 2.94. The summed E-state index contributed by atoms with van der Waals surface area (Å²) in [5, 5.41) is 4.26. The van der Waals surface area contributed by atoms with E-state index in [1.165, 1.54) is 35.8 Å². The molecule has 21 heavy (non-hydrogen) atoms. The molecule has 0 bridgehead atoms. The van der Waals surface area contributed by atoms with Crippen LogP contribution in [0.15, 0.2) is 5.38 Å². The molecule has 4 nitrogen and oxygen atoms in total. The molecule has 0 saturated carbocycles. The third kappa shape index (κ3) is 3.06. The number of nitrogens with two attached hydrogens (primary N) is 1. The summed E-state index contributed by atoms with van der Waals surface area (Å²) in [7, 11) is 0. The van der Waals surface area contributed by atoms with Crippen LogP contribution >= 0.6 is 22.9 Å². The van der Waals surface area contributed by atoms with Crippen LogP contribution in [0.3, 0.4) is 0 Å². The Balaban J connectivity index is 1.93. The van der Waals surface area contributed by atoms with Crippen molar-refractivity contribution in [3.63, 3.8) is 0 Å². The minimum Gasteiger partial charge on any atom is -0.382 e. The van der Waals surface area contributed by atoms with E-state index in [9.17, 15) is 0 Å². The van der Waals surface area contributed by atoms with Gasteiger partial charge in [-0.05, 0) is 43.1 Å². The minimum atomic E-state index is 0.433. The predicted molar refractivity (Wildman–Crippen MR) is 92.2 cm³/mol. The molecule has 0 unspecified atom stereocenters. The number of thiazole rings is 1. The van der Waals surface area contributed by atoms with Crippen molar-refractivity contribution in [2.45, 2.75) is 40.0 Å². The van der Waals surface area contributed by atoms with E-state index in [1.54, 1.807) is 11.3 Å². The number of aromatic nitrogens is 2. The van der Waals surface area contributed by atoms with E-state index in [4.69, 9.17) is 5.73 Å². The summed E-state index contributed by atoms with van der Waals surface area (Å²) in [5.41, 5.74) is 8.64. The van der Waals surface area contributed by atoms with Crippen LogP contribution in [0.2, 0.25) is 0 Å². The molecule has 0 atom stereocenters. The van der Waals surface area contributed by atoms with E-state index < -0.39 is 0 Å². The zero-order valence-electron chi connectivity index (χ0n) is 12.8. The number of anilines is 2. The fourth-order valence-electron chi connectivity index (χ4n) is 2.80. The molecule has 1 fully saturated rings. The highest BCUT2D eigenvalue weighted by molar-refractivity contribution is 7.15. The SMILES string of the molecule is Cc1csc(-c2c(N)nsc2N2CCCC(C)(C)CC2)n1. The molecule has 3 heterocycles. The maximum absolute atomic E-state index is 6.12. The first-order valence-electron chi connectivity index (χ1n) is 7.39. The van der Waals surface area contributed by atoms with Gasteiger partial charge in [0.15, 0.2) is 0 Å². The van der Waals surface area contributed by atoms with Gasteiger partial charge in [0, 0.05) is 24.2 Å². The fraction of sp³-hybridized carbons (Fsp3) is 0.600. The van der Waals surface area contributed by atoms with E-state index in [1.807, 2.05) is 6.92 Å². The molecule has 0 aromatic carbocycles. The lowest BCUT2D eigenvalue weighted by atomic mass is 9.85. The van der Waals surface area contributed by atoms with E-state index >= 15 is 0 Å². The summed E-state index contributed by atoms with van der Waals surface area (Å²) in [6.45, 7) is 8.91. The number of hydrogen-bond donors (Lipinski definition) is 1. The van der Waals surface area contributed by atoms with Crippen molar-refractivity contribution >= 4 is 33.7 Å². The summed E-state index contributed by atoms with van der Waals surface area (Å²) in [6.07, 6.45) is 3.71. The van der Waals surface area contributed by atoms with Gasteiger partial charge in [-0.3, -0.25) is 0 Å². The van der Waals surface area contributed by atoms with E-state index in [0.29, 0.717) is 11.2 Å². The third-order valence-electron chi connectivity index (χ3n) is 4.16. The first-order valence-corrected chi connectivity index (χ1v) is 9.04. The van der Waals surface area contributed by atoms with Crippen LogP contribution < -0.4 is 10.6 Å². The maximum Gasteiger partial charge on any atom is 0.149 e. The van der Waals surface area contributed by atoms with Gasteiger partial charge in [-0.2, -0.15) is 4.37 Å². The second-order valence-corrected chi connectivity index (χ2v) is 8.16. The van der Waals surface area contributed by atoms with Gasteiger partial charge in [-0.25, -0.2) is 4.98 Å². The summed E-state index contributed by atoms with van der Waals surface area (Å²) < 4.78 is 4.39. The first kappa shape index (κ1) is 14.8. The molecule has 1 aliphatic rings. The topological polar surface area (TPSA) is 55.0 Å². The van der Waals surface area contributed by atoms with Crippen molar-refractivity contribution in [1.29, 1.82) is 0 Å². The molecule has 0 aliphatic carbocycles. The molecule has 3 rings (SSSR count). The molecular weight excluding hydrogens is 300 g/mol. The van der Waals surface area contributed by atoms with Gasteiger partial charge >= 0.3 is 0 Å². The molecule has 0 amide bonds. The zero-order chi connectivity index (χ0) is 15.0. The van der Waals surface area contributed by atoms with Crippen molar-refractivity contribution in [1.82, 2.24) is 9.36 Å². The minimum absolute atomic E-state index is 0.433. The zero-order valence-corrected chi connectivity index (χ0v) is 14.5. The number of hydrogen-bond acceptors (Lipinski definition) is 6. The standard InChI is InChI=1S/C15H22N4S2/c1-10-9-20-13(17-10)11-12(16)18-21-14(11)19-7-4-5-15(2,3)6-8-19/h9H,4-8H2,1-3H3,(H2,16,18). The molecule has 0 spiro atoms. The lowest BCUT2D eigenvalue weighted by molar-refractivity contribution is 0.325. The van der Waals surface area contributed by atoms with Crippen LogP contribution in [0.1, 0.15) is 38.8 Å². The molecule has 6 heteroatoms. The van der Waals surface area contributed by atoms with Gasteiger partial charge in [0.25, 0.3) is 0 Å². The summed E-state index contributed by atoms with van der Waals surface area (Å²) >= 11 is 3.17. The summed E-state index contributed by atoms with van der Waals surface area (Å²) in [5.74, 6) is 0.618. The maximum atomic E-state index is 6.12. The van der Waals surface area contributed by atoms with E-state index in [-0.39, 0.29) is 0 Å². The number of aryl methyl sites for hydroxylation is 1. The van der Waals surface area contributed by atoms with Gasteiger partial charge in [0.2, 0.25) is 0 Å². The van der Waals surface area contributed by atoms with Gasteiger partial charge in [0.1, 0.15) is 15.8 Å². The van der Waals surface area contributed by atoms with Crippen molar-refractivity contribution in [2.24, 2.45) is 5.41 Å². The number of nitrogen functional groups attached to an aromatic ring is 1. The normalized spacial score (nSPS) is 18.7. The number of nitrogens with zero attached hydrogens (tertiary/aromatic N) is 3. The Morgan fingerprint density at radius 3 is 2.81 bits per heavy atom. The molecule has 0 radical (unpaired) electrons. The molecule has 1 saturated heterocycles. The Morgan fingerprint density at radius 1 is 1.29 bits per heavy atom. The average molecular weight is 323 g/mol. The Morgan fingerprint density at radius 2 is 2.10 bits per heavy atom. The second-order valence-electron chi connectivity index (χ2n) is 6.55. The van der Waals surface area contributed by atoms with Crippen LogP contribution in [0.25, 0.3) is 10.6 Å². The number of rotatable bonds is 2. The van der Waals surface area contributed by atoms with E-state index in [2.05, 4.69) is 33.5 Å². The molecular formula is C15H22N4S2. The van der Waals surface area contributed by atoms with Crippen molar-refractivity contribution < 1.29 is 0 Å². The third-order valence-corrected chi connectivity index (χ3v) is 6.06. The second kappa shape index (κ2) is 5.57. The van der Waals surface area contributed by atoms with Crippen LogP contribution in [-0.2, 0) is 0 Å². The van der Waals surface area contributed by atoms with Crippen molar-refractivity contribution in [3.8, 4) is 10.6 Å². The quantitative estimate of drug-likeness (QED) is 0.901. The Kier molecular flexibility index (Phi) is 3.92. The van der Waals surface area contributed by atoms with Gasteiger partial charge in [-0.15, -0.1) is 11.3 Å². The molecule has 2 N–H and O–H groups in total. The van der Waals surface area contributed by atoms with Gasteiger partial charge in [-0.1, -0.05) is 13.8 Å². The van der Waals surface area contributed by atoms with Crippen LogP contribution in [0, 0.1) is 12.3 Å². The highest BCUT2D eigenvalue weighted by Gasteiger charge is 2.27. The van der Waals surface area contributed by atoms with Gasteiger partial charge < -0.3 is 10.6 Å². The van der Waals surface area contributed by atoms with Crippen LogP contribution in [0.4, 0.5) is 10.8 Å². The van der Waals surface area contributed by atoms with Crippen molar-refractivity contribution in [2.75, 3.05) is 23.7 Å². The largest absolute Gasteiger partial charge is 0.382 e. The van der Waals surface area contributed by atoms with Gasteiger partial charge in [0.05, 0.1) is 5.56 Å². The summed E-state index contributed by atoms with van der Waals surface area (Å²) in [6, 6.07) is 0. The lowest BCUT2D eigenvalue weighted by Gasteiger charge is -2.24. The Labute approximate surface area is 134 Å². The molecule has 1 aliphatic heterocycles. The Bertz CT molecular complexity index is 629. The monoisotopic (exact) mass is 322 g/mol. The molecule has 114 valence electrons. The van der Waals surface area contributed by atoms with E-state index in [0.717, 1.165) is 29.4 Å². The molecule has 2 aromatic heterocycles.